The number of nitrogens with zero attached hydrogens (tertiary/aromatic N) is 3. The van der Waals surface area contributed by atoms with E-state index in [1.807, 2.05) is 32.9 Å². The Hall–Kier alpha value is -2.45. The van der Waals surface area contributed by atoms with E-state index in [0.717, 1.165) is 33.1 Å². The van der Waals surface area contributed by atoms with E-state index in [4.69, 9.17) is 19.2 Å². The molecule has 1 aliphatic rings. The lowest BCUT2D eigenvalue weighted by atomic mass is 9.77. The number of aryl methyl sites for hydroxylation is 1. The number of hydrogen-bond acceptors (Lipinski definition) is 8. The number of esters is 1. The lowest BCUT2D eigenvalue weighted by Crippen LogP contribution is -2.54. The zero-order valence-corrected chi connectivity index (χ0v) is 22.3. The number of hydrogen-bond donors (Lipinski definition) is 0. The molecule has 8 heteroatoms. The normalized spacial score (nSPS) is 18.6. The predicted molar refractivity (Wildman–Crippen MR) is 135 cm³/mol. The zero-order chi connectivity index (χ0) is 24.9. The first-order valence-corrected chi connectivity index (χ1v) is 12.7. The molecular formula is C26H37N3O4S. The molecule has 186 valence electrons. The van der Waals surface area contributed by atoms with Crippen LogP contribution in [0.5, 0.6) is 5.88 Å². The molecule has 0 unspecified atom stereocenters. The second-order valence-corrected chi connectivity index (χ2v) is 10.7. The molecule has 3 rings (SSSR count). The van der Waals surface area contributed by atoms with Gasteiger partial charge in [-0.3, -0.25) is 0 Å². The molecule has 2 aromatic heterocycles. The number of pyridine rings is 1. The van der Waals surface area contributed by atoms with Gasteiger partial charge in [-0.05, 0) is 49.6 Å². The topological polar surface area (TPSA) is 73.8 Å². The van der Waals surface area contributed by atoms with E-state index in [-0.39, 0.29) is 11.4 Å². The maximum atomic E-state index is 13.0. The third-order valence-corrected chi connectivity index (χ3v) is 7.07. The average molecular weight is 488 g/mol. The van der Waals surface area contributed by atoms with E-state index >= 15 is 0 Å². The fraction of sp³-hybridized carbons (Fsp3) is 0.577. The van der Waals surface area contributed by atoms with Crippen molar-refractivity contribution in [3.8, 4) is 16.5 Å². The van der Waals surface area contributed by atoms with E-state index in [1.54, 1.807) is 17.5 Å². The number of thiazole rings is 1. The summed E-state index contributed by atoms with van der Waals surface area (Å²) in [6.45, 7) is 14.6. The summed E-state index contributed by atoms with van der Waals surface area (Å²) in [7, 11) is 1.43. The number of carbonyl (C=O) groups is 1. The summed E-state index contributed by atoms with van der Waals surface area (Å²) in [6.07, 6.45) is 5.27. The van der Waals surface area contributed by atoms with E-state index < -0.39 is 5.60 Å². The summed E-state index contributed by atoms with van der Waals surface area (Å²) in [4.78, 5) is 25.5. The van der Waals surface area contributed by atoms with Crippen molar-refractivity contribution >= 4 is 17.3 Å². The molecule has 0 radical (unpaired) electrons. The van der Waals surface area contributed by atoms with Gasteiger partial charge in [-0.2, -0.15) is 0 Å². The summed E-state index contributed by atoms with van der Waals surface area (Å²) >= 11 is 1.63. The second kappa shape index (κ2) is 10.9. The van der Waals surface area contributed by atoms with Crippen LogP contribution in [0.1, 0.15) is 58.0 Å². The molecule has 0 saturated heterocycles. The van der Waals surface area contributed by atoms with E-state index in [9.17, 15) is 4.79 Å². The van der Waals surface area contributed by atoms with Crippen LogP contribution in [-0.4, -0.2) is 53.3 Å². The first-order valence-electron chi connectivity index (χ1n) is 11.9. The van der Waals surface area contributed by atoms with E-state index in [0.29, 0.717) is 38.6 Å². The van der Waals surface area contributed by atoms with Gasteiger partial charge in [-0.25, -0.2) is 14.8 Å². The van der Waals surface area contributed by atoms with Crippen molar-refractivity contribution in [1.29, 1.82) is 0 Å². The number of ether oxygens (including phenoxy) is 3. The molecule has 0 aliphatic carbocycles. The molecular weight excluding hydrogens is 450 g/mol. The van der Waals surface area contributed by atoms with Crippen molar-refractivity contribution in [3.05, 3.63) is 40.7 Å². The van der Waals surface area contributed by atoms with Crippen molar-refractivity contribution in [1.82, 2.24) is 14.9 Å². The van der Waals surface area contributed by atoms with Crippen LogP contribution in [0.15, 0.2) is 30.1 Å². The average Bonchev–Trinajstić information content (AvgIpc) is 3.16. The number of rotatable bonds is 9. The quantitative estimate of drug-likeness (QED) is 0.439. The van der Waals surface area contributed by atoms with Crippen LogP contribution in [0.2, 0.25) is 0 Å². The second-order valence-electron chi connectivity index (χ2n) is 9.64. The molecule has 0 fully saturated rings. The van der Waals surface area contributed by atoms with Crippen LogP contribution < -0.4 is 4.74 Å². The maximum absolute atomic E-state index is 13.0. The van der Waals surface area contributed by atoms with Crippen LogP contribution in [0.4, 0.5) is 0 Å². The third-order valence-electron chi connectivity index (χ3n) is 5.90. The molecule has 0 N–H and O–H groups in total. The smallest absolute Gasteiger partial charge is 0.340 e. The minimum absolute atomic E-state index is 0.108. The van der Waals surface area contributed by atoms with Gasteiger partial charge in [-0.1, -0.05) is 27.7 Å². The largest absolute Gasteiger partial charge is 0.477 e. The molecule has 0 saturated carbocycles. The summed E-state index contributed by atoms with van der Waals surface area (Å²) in [6, 6.07) is 3.88. The van der Waals surface area contributed by atoms with Crippen LogP contribution in [-0.2, 0) is 20.8 Å². The highest BCUT2D eigenvalue weighted by atomic mass is 32.1. The van der Waals surface area contributed by atoms with Crippen LogP contribution >= 0.6 is 11.3 Å². The molecule has 3 heterocycles. The van der Waals surface area contributed by atoms with Gasteiger partial charge in [0.2, 0.25) is 5.88 Å². The Balaban J connectivity index is 1.95. The Labute approximate surface area is 207 Å². The first-order chi connectivity index (χ1) is 16.1. The highest BCUT2D eigenvalue weighted by Gasteiger charge is 2.47. The standard InChI is InChI=1S/C26H37N3O4S/c1-8-13-33-26(24(30)31-7)14-19(25(4,5)6)15-29(17-26)16-21-18(3)28-23(34-21)20-11-10-12-27-22(20)32-9-2/h10-12,15H,8-9,13-14,16-17H2,1-7H3/t26-/m0/s1. The highest BCUT2D eigenvalue weighted by molar-refractivity contribution is 7.15. The Morgan fingerprint density at radius 3 is 2.71 bits per heavy atom. The molecule has 1 aliphatic heterocycles. The van der Waals surface area contributed by atoms with Gasteiger partial charge in [0.15, 0.2) is 5.60 Å². The van der Waals surface area contributed by atoms with Crippen LogP contribution in [0, 0.1) is 12.3 Å². The van der Waals surface area contributed by atoms with Crippen molar-refractivity contribution in [2.45, 2.75) is 66.5 Å². The molecule has 0 spiro atoms. The Morgan fingerprint density at radius 2 is 2.06 bits per heavy atom. The Bertz CT molecular complexity index is 1030. The van der Waals surface area contributed by atoms with Crippen molar-refractivity contribution < 1.29 is 19.0 Å². The minimum Gasteiger partial charge on any atom is -0.477 e. The van der Waals surface area contributed by atoms with Crippen LogP contribution in [0.25, 0.3) is 10.6 Å². The first kappa shape index (κ1) is 26.2. The third kappa shape index (κ3) is 5.78. The van der Waals surface area contributed by atoms with Gasteiger partial charge >= 0.3 is 5.97 Å². The van der Waals surface area contributed by atoms with Crippen LogP contribution in [0.3, 0.4) is 0 Å². The predicted octanol–water partition coefficient (Wildman–Crippen LogP) is 5.39. The van der Waals surface area contributed by atoms with Gasteiger partial charge in [0.05, 0.1) is 38.1 Å². The van der Waals surface area contributed by atoms with Gasteiger partial charge in [0.1, 0.15) is 5.01 Å². The number of aromatic nitrogens is 2. The lowest BCUT2D eigenvalue weighted by Gasteiger charge is -2.43. The summed E-state index contributed by atoms with van der Waals surface area (Å²) < 4.78 is 17.2. The van der Waals surface area contributed by atoms with Crippen molar-refractivity contribution in [3.63, 3.8) is 0 Å². The highest BCUT2D eigenvalue weighted by Crippen LogP contribution is 2.40. The maximum Gasteiger partial charge on any atom is 0.340 e. The zero-order valence-electron chi connectivity index (χ0n) is 21.4. The fourth-order valence-corrected chi connectivity index (χ4v) is 5.12. The van der Waals surface area contributed by atoms with Gasteiger partial charge in [0.25, 0.3) is 0 Å². The monoisotopic (exact) mass is 487 g/mol. The Kier molecular flexibility index (Phi) is 8.36. The van der Waals surface area contributed by atoms with E-state index in [1.165, 1.54) is 7.11 Å². The SMILES string of the molecule is CCCO[C@@]1(C(=O)OC)CC(C(C)(C)C)=CN(Cc2sc(-c3cccnc3OCC)nc2C)C1. The minimum atomic E-state index is -1.02. The van der Waals surface area contributed by atoms with Crippen molar-refractivity contribution in [2.24, 2.45) is 5.41 Å². The molecule has 0 aromatic carbocycles. The fourth-order valence-electron chi connectivity index (χ4n) is 4.02. The van der Waals surface area contributed by atoms with Gasteiger partial charge < -0.3 is 19.1 Å². The molecule has 2 aromatic rings. The molecule has 1 atom stereocenters. The Morgan fingerprint density at radius 1 is 1.29 bits per heavy atom. The van der Waals surface area contributed by atoms with Crippen molar-refractivity contribution in [2.75, 3.05) is 26.9 Å². The van der Waals surface area contributed by atoms with Gasteiger partial charge in [0, 0.05) is 24.1 Å². The summed E-state index contributed by atoms with van der Waals surface area (Å²) in [5.74, 6) is 0.273. The molecule has 0 amide bonds. The lowest BCUT2D eigenvalue weighted by molar-refractivity contribution is -0.173. The van der Waals surface area contributed by atoms with Gasteiger partial charge in [-0.15, -0.1) is 11.3 Å². The summed E-state index contributed by atoms with van der Waals surface area (Å²) in [5, 5.41) is 0.877. The molecule has 0 bridgehead atoms. The number of carbonyl (C=O) groups excluding carboxylic acids is 1. The number of methoxy groups -OCH3 is 1. The molecule has 34 heavy (non-hydrogen) atoms. The molecule has 7 nitrogen and oxygen atoms in total. The summed E-state index contributed by atoms with van der Waals surface area (Å²) in [5.41, 5.74) is 1.89. The van der Waals surface area contributed by atoms with E-state index in [2.05, 4.69) is 36.9 Å².